The molecule has 4 rings (SSSR count). The SMILES string of the molecule is COc1ncccc1C1SC(c2ccc(F)nc2)=NN1C(=O)c1c(F)cc(F)cc1F. The van der Waals surface area contributed by atoms with Gasteiger partial charge in [-0.2, -0.15) is 9.49 Å². The van der Waals surface area contributed by atoms with Gasteiger partial charge >= 0.3 is 0 Å². The van der Waals surface area contributed by atoms with Crippen LogP contribution in [0.25, 0.3) is 0 Å². The number of aromatic nitrogens is 2. The van der Waals surface area contributed by atoms with E-state index in [0.29, 0.717) is 23.3 Å². The number of halogens is 4. The highest BCUT2D eigenvalue weighted by atomic mass is 32.2. The second-order valence-electron chi connectivity index (χ2n) is 6.24. The Bertz CT molecular complexity index is 1170. The monoisotopic (exact) mass is 448 g/mol. The van der Waals surface area contributed by atoms with Crippen LogP contribution in [0.1, 0.15) is 26.9 Å². The van der Waals surface area contributed by atoms with Crippen LogP contribution in [-0.4, -0.2) is 33.0 Å². The quantitative estimate of drug-likeness (QED) is 0.440. The number of hydrogen-bond donors (Lipinski definition) is 0. The topological polar surface area (TPSA) is 67.7 Å². The first kappa shape index (κ1) is 20.8. The van der Waals surface area contributed by atoms with Crippen molar-refractivity contribution < 1.29 is 27.1 Å². The molecule has 2 aromatic heterocycles. The maximum absolute atomic E-state index is 14.3. The molecule has 0 spiro atoms. The molecule has 0 aliphatic carbocycles. The number of amides is 1. The van der Waals surface area contributed by atoms with Crippen molar-refractivity contribution in [1.82, 2.24) is 15.0 Å². The molecule has 31 heavy (non-hydrogen) atoms. The average molecular weight is 448 g/mol. The normalized spacial score (nSPS) is 15.7. The van der Waals surface area contributed by atoms with E-state index in [0.717, 1.165) is 22.8 Å². The van der Waals surface area contributed by atoms with Crippen molar-refractivity contribution in [3.8, 4) is 5.88 Å². The van der Waals surface area contributed by atoms with E-state index in [9.17, 15) is 22.4 Å². The highest BCUT2D eigenvalue weighted by Gasteiger charge is 2.38. The molecule has 0 N–H and O–H groups in total. The summed E-state index contributed by atoms with van der Waals surface area (Å²) in [4.78, 5) is 20.7. The van der Waals surface area contributed by atoms with Gasteiger partial charge in [0.1, 0.15) is 33.4 Å². The molecule has 1 atom stereocenters. The van der Waals surface area contributed by atoms with Gasteiger partial charge in [0.05, 0.1) is 7.11 Å². The molecule has 0 fully saturated rings. The lowest BCUT2D eigenvalue weighted by molar-refractivity contribution is 0.0737. The van der Waals surface area contributed by atoms with Crippen LogP contribution < -0.4 is 4.74 Å². The number of hydrazone groups is 1. The summed E-state index contributed by atoms with van der Waals surface area (Å²) in [5.41, 5.74) is -0.174. The molecule has 1 amide bonds. The number of carbonyl (C=O) groups is 1. The van der Waals surface area contributed by atoms with Crippen molar-refractivity contribution in [2.75, 3.05) is 7.11 Å². The minimum Gasteiger partial charge on any atom is -0.481 e. The van der Waals surface area contributed by atoms with Crippen LogP contribution in [0.2, 0.25) is 0 Å². The molecule has 11 heteroatoms. The molecule has 3 heterocycles. The summed E-state index contributed by atoms with van der Waals surface area (Å²) in [5, 5.41) is 4.38. The molecule has 3 aromatic rings. The van der Waals surface area contributed by atoms with E-state index in [1.54, 1.807) is 12.1 Å². The molecular weight excluding hydrogens is 436 g/mol. The first-order chi connectivity index (χ1) is 14.9. The predicted octanol–water partition coefficient (Wildman–Crippen LogP) is 4.29. The minimum atomic E-state index is -1.36. The van der Waals surface area contributed by atoms with Gasteiger partial charge in [-0.15, -0.1) is 0 Å². The van der Waals surface area contributed by atoms with Crippen LogP contribution in [0.4, 0.5) is 17.6 Å². The summed E-state index contributed by atoms with van der Waals surface area (Å²) in [6.45, 7) is 0. The fourth-order valence-electron chi connectivity index (χ4n) is 2.93. The number of carbonyl (C=O) groups excluding carboxylic acids is 1. The summed E-state index contributed by atoms with van der Waals surface area (Å²) in [7, 11) is 1.38. The smallest absolute Gasteiger partial charge is 0.281 e. The Morgan fingerprint density at radius 3 is 2.48 bits per heavy atom. The van der Waals surface area contributed by atoms with E-state index in [1.807, 2.05) is 0 Å². The predicted molar refractivity (Wildman–Crippen MR) is 104 cm³/mol. The van der Waals surface area contributed by atoms with Crippen molar-refractivity contribution in [2.24, 2.45) is 5.10 Å². The Kier molecular flexibility index (Phi) is 5.59. The summed E-state index contributed by atoms with van der Waals surface area (Å²) < 4.78 is 60.3. The van der Waals surface area contributed by atoms with Crippen molar-refractivity contribution in [3.05, 3.63) is 88.9 Å². The lowest BCUT2D eigenvalue weighted by Gasteiger charge is -2.22. The number of nitrogens with zero attached hydrogens (tertiary/aromatic N) is 4. The zero-order valence-electron chi connectivity index (χ0n) is 15.7. The lowest BCUT2D eigenvalue weighted by Crippen LogP contribution is -2.28. The number of benzene rings is 1. The van der Waals surface area contributed by atoms with Gasteiger partial charge < -0.3 is 4.74 Å². The van der Waals surface area contributed by atoms with Gasteiger partial charge in [0.25, 0.3) is 5.91 Å². The third-order valence-electron chi connectivity index (χ3n) is 4.31. The summed E-state index contributed by atoms with van der Waals surface area (Å²) in [5.74, 6) is -5.56. The molecule has 0 bridgehead atoms. The zero-order chi connectivity index (χ0) is 22.1. The average Bonchev–Trinajstić information content (AvgIpc) is 3.18. The Morgan fingerprint density at radius 2 is 1.84 bits per heavy atom. The summed E-state index contributed by atoms with van der Waals surface area (Å²) in [6, 6.07) is 6.54. The molecule has 1 aliphatic rings. The Balaban J connectivity index is 1.81. The third kappa shape index (κ3) is 3.96. The maximum atomic E-state index is 14.3. The highest BCUT2D eigenvalue weighted by molar-refractivity contribution is 8.14. The summed E-state index contributed by atoms with van der Waals surface area (Å²) in [6.07, 6.45) is 2.69. The minimum absolute atomic E-state index is 0.173. The fourth-order valence-corrected chi connectivity index (χ4v) is 4.08. The Labute approximate surface area is 177 Å². The van der Waals surface area contributed by atoms with Gasteiger partial charge in [-0.1, -0.05) is 11.8 Å². The van der Waals surface area contributed by atoms with Gasteiger partial charge in [0, 0.05) is 35.7 Å². The van der Waals surface area contributed by atoms with E-state index in [4.69, 9.17) is 4.74 Å². The molecule has 158 valence electrons. The lowest BCUT2D eigenvalue weighted by atomic mass is 10.1. The second-order valence-corrected chi connectivity index (χ2v) is 7.31. The van der Waals surface area contributed by atoms with Crippen LogP contribution in [0, 0.1) is 23.4 Å². The number of rotatable bonds is 4. The number of hydrogen-bond acceptors (Lipinski definition) is 6. The number of ether oxygens (including phenoxy) is 1. The second kappa shape index (κ2) is 8.34. The highest BCUT2D eigenvalue weighted by Crippen LogP contribution is 2.44. The van der Waals surface area contributed by atoms with Gasteiger partial charge in [-0.25, -0.2) is 28.1 Å². The van der Waals surface area contributed by atoms with Crippen LogP contribution in [0.3, 0.4) is 0 Å². The van der Waals surface area contributed by atoms with Crippen molar-refractivity contribution in [3.63, 3.8) is 0 Å². The first-order valence-electron chi connectivity index (χ1n) is 8.73. The number of thioether (sulfide) groups is 1. The van der Waals surface area contributed by atoms with Crippen molar-refractivity contribution in [2.45, 2.75) is 5.37 Å². The molecule has 0 saturated carbocycles. The van der Waals surface area contributed by atoms with Crippen molar-refractivity contribution in [1.29, 1.82) is 0 Å². The molecule has 1 aromatic carbocycles. The van der Waals surface area contributed by atoms with E-state index >= 15 is 0 Å². The number of methoxy groups -OCH3 is 1. The Morgan fingerprint density at radius 1 is 1.10 bits per heavy atom. The maximum Gasteiger partial charge on any atom is 0.281 e. The van der Waals surface area contributed by atoms with Crippen LogP contribution in [-0.2, 0) is 0 Å². The van der Waals surface area contributed by atoms with Crippen molar-refractivity contribution >= 4 is 22.7 Å². The zero-order valence-corrected chi connectivity index (χ0v) is 16.5. The third-order valence-corrected chi connectivity index (χ3v) is 5.52. The Hall–Kier alpha value is -3.47. The van der Waals surface area contributed by atoms with Gasteiger partial charge in [-0.3, -0.25) is 4.79 Å². The molecule has 1 aliphatic heterocycles. The van der Waals surface area contributed by atoms with E-state index < -0.39 is 40.2 Å². The van der Waals surface area contributed by atoms with E-state index in [-0.39, 0.29) is 10.9 Å². The van der Waals surface area contributed by atoms with E-state index in [2.05, 4.69) is 15.1 Å². The molecular formula is C20H12F4N4O2S. The molecule has 0 radical (unpaired) electrons. The van der Waals surface area contributed by atoms with Gasteiger partial charge in [0.15, 0.2) is 0 Å². The first-order valence-corrected chi connectivity index (χ1v) is 9.61. The fraction of sp³-hybridized carbons (Fsp3) is 0.100. The van der Waals surface area contributed by atoms with Crippen LogP contribution in [0.5, 0.6) is 5.88 Å². The van der Waals surface area contributed by atoms with Gasteiger partial charge in [-0.05, 0) is 24.3 Å². The van der Waals surface area contributed by atoms with Gasteiger partial charge in [0.2, 0.25) is 11.8 Å². The molecule has 0 saturated heterocycles. The molecule has 1 unspecified atom stereocenters. The van der Waals surface area contributed by atoms with Crippen LogP contribution in [0.15, 0.2) is 53.9 Å². The standard InChI is InChI=1S/C20H12F4N4O2S/c1-30-17-12(3-2-6-25-17)20-28(19(29)16-13(22)7-11(21)8-14(16)23)27-18(31-20)10-4-5-15(24)26-9-10/h2-9,20H,1H3. The molecule has 6 nitrogen and oxygen atoms in total. The van der Waals surface area contributed by atoms with E-state index in [1.165, 1.54) is 25.6 Å². The summed E-state index contributed by atoms with van der Waals surface area (Å²) >= 11 is 1.05. The van der Waals surface area contributed by atoms with Crippen LogP contribution >= 0.6 is 11.8 Å². The largest absolute Gasteiger partial charge is 0.481 e. The number of pyridine rings is 2.